The lowest BCUT2D eigenvalue weighted by molar-refractivity contribution is -0.385. The van der Waals surface area contributed by atoms with Gasteiger partial charge in [-0.05, 0) is 36.1 Å². The number of rotatable bonds is 6. The van der Waals surface area contributed by atoms with Gasteiger partial charge in [-0.25, -0.2) is 0 Å². The first-order valence-electron chi connectivity index (χ1n) is 6.33. The van der Waals surface area contributed by atoms with Crippen LogP contribution in [0.4, 0.5) is 11.4 Å². The van der Waals surface area contributed by atoms with Crippen molar-refractivity contribution in [3.63, 3.8) is 0 Å². The SMILES string of the molecule is COc1ccc(CNc2cccc(SC)c2)cc1[N+](=O)[O-]. The Hall–Kier alpha value is -2.21. The zero-order valence-corrected chi connectivity index (χ0v) is 12.6. The minimum Gasteiger partial charge on any atom is -0.490 e. The Bertz CT molecular complexity index is 647. The van der Waals surface area contributed by atoms with Crippen LogP contribution in [0.25, 0.3) is 0 Å². The van der Waals surface area contributed by atoms with Gasteiger partial charge < -0.3 is 10.1 Å². The van der Waals surface area contributed by atoms with E-state index in [2.05, 4.69) is 5.32 Å². The van der Waals surface area contributed by atoms with Crippen LogP contribution in [0.3, 0.4) is 0 Å². The van der Waals surface area contributed by atoms with Crippen LogP contribution < -0.4 is 10.1 Å². The molecule has 0 aliphatic carbocycles. The van der Waals surface area contributed by atoms with E-state index in [0.717, 1.165) is 11.3 Å². The Kier molecular flexibility index (Phi) is 5.05. The highest BCUT2D eigenvalue weighted by Crippen LogP contribution is 2.28. The van der Waals surface area contributed by atoms with Crippen molar-refractivity contribution in [2.45, 2.75) is 11.4 Å². The fourth-order valence-corrected chi connectivity index (χ4v) is 2.38. The molecule has 2 rings (SSSR count). The molecule has 0 aliphatic heterocycles. The molecule has 21 heavy (non-hydrogen) atoms. The molecule has 2 aromatic carbocycles. The van der Waals surface area contributed by atoms with E-state index < -0.39 is 4.92 Å². The summed E-state index contributed by atoms with van der Waals surface area (Å²) in [6.45, 7) is 0.517. The third kappa shape index (κ3) is 3.88. The van der Waals surface area contributed by atoms with Crippen molar-refractivity contribution >= 4 is 23.1 Å². The number of nitro benzene ring substituents is 1. The van der Waals surface area contributed by atoms with Gasteiger partial charge in [0.15, 0.2) is 5.75 Å². The normalized spacial score (nSPS) is 10.2. The highest BCUT2D eigenvalue weighted by Gasteiger charge is 2.14. The lowest BCUT2D eigenvalue weighted by Crippen LogP contribution is -2.01. The van der Waals surface area contributed by atoms with Crippen LogP contribution in [0.15, 0.2) is 47.4 Å². The fourth-order valence-electron chi connectivity index (χ4n) is 1.93. The Morgan fingerprint density at radius 2 is 2.10 bits per heavy atom. The van der Waals surface area contributed by atoms with Crippen molar-refractivity contribution in [1.82, 2.24) is 0 Å². The van der Waals surface area contributed by atoms with Gasteiger partial charge in [0.1, 0.15) is 0 Å². The van der Waals surface area contributed by atoms with Crippen LogP contribution in [-0.4, -0.2) is 18.3 Å². The van der Waals surface area contributed by atoms with E-state index in [9.17, 15) is 10.1 Å². The van der Waals surface area contributed by atoms with Crippen LogP contribution in [-0.2, 0) is 6.54 Å². The zero-order chi connectivity index (χ0) is 15.2. The molecule has 0 amide bonds. The molecule has 0 saturated carbocycles. The minimum absolute atomic E-state index is 0.0188. The number of ether oxygens (including phenoxy) is 1. The fraction of sp³-hybridized carbons (Fsp3) is 0.200. The van der Waals surface area contributed by atoms with Gasteiger partial charge in [0.2, 0.25) is 0 Å². The van der Waals surface area contributed by atoms with E-state index in [1.807, 2.05) is 36.6 Å². The van der Waals surface area contributed by atoms with E-state index in [1.165, 1.54) is 18.1 Å². The van der Waals surface area contributed by atoms with E-state index in [4.69, 9.17) is 4.74 Å². The van der Waals surface area contributed by atoms with Crippen molar-refractivity contribution in [3.8, 4) is 5.75 Å². The summed E-state index contributed by atoms with van der Waals surface area (Å²) in [4.78, 5) is 11.7. The number of nitrogens with zero attached hydrogens (tertiary/aromatic N) is 1. The molecule has 6 heteroatoms. The Balaban J connectivity index is 2.12. The maximum atomic E-state index is 11.0. The first-order valence-corrected chi connectivity index (χ1v) is 7.55. The first kappa shape index (κ1) is 15.2. The third-order valence-corrected chi connectivity index (χ3v) is 3.73. The molecule has 0 spiro atoms. The Morgan fingerprint density at radius 3 is 2.76 bits per heavy atom. The largest absolute Gasteiger partial charge is 0.490 e. The summed E-state index contributed by atoms with van der Waals surface area (Å²) in [5.74, 6) is 0.271. The average Bonchev–Trinajstić information content (AvgIpc) is 2.52. The van der Waals surface area contributed by atoms with Crippen molar-refractivity contribution in [2.75, 3.05) is 18.7 Å². The number of thioether (sulfide) groups is 1. The molecule has 110 valence electrons. The van der Waals surface area contributed by atoms with Gasteiger partial charge in [-0.1, -0.05) is 12.1 Å². The second kappa shape index (κ2) is 6.99. The zero-order valence-electron chi connectivity index (χ0n) is 11.8. The van der Waals surface area contributed by atoms with Gasteiger partial charge in [0.25, 0.3) is 0 Å². The summed E-state index contributed by atoms with van der Waals surface area (Å²) in [7, 11) is 1.42. The van der Waals surface area contributed by atoms with Crippen molar-refractivity contribution in [2.24, 2.45) is 0 Å². The Labute approximate surface area is 127 Å². The standard InChI is InChI=1S/C15H16N2O3S/c1-20-15-7-6-11(8-14(15)17(18)19)10-16-12-4-3-5-13(9-12)21-2/h3-9,16H,10H2,1-2H3. The van der Waals surface area contributed by atoms with Crippen molar-refractivity contribution in [3.05, 3.63) is 58.1 Å². The van der Waals surface area contributed by atoms with E-state index >= 15 is 0 Å². The molecule has 0 atom stereocenters. The quantitative estimate of drug-likeness (QED) is 0.497. The maximum Gasteiger partial charge on any atom is 0.311 e. The summed E-state index contributed by atoms with van der Waals surface area (Å²) in [5, 5.41) is 14.3. The maximum absolute atomic E-state index is 11.0. The number of benzene rings is 2. The number of hydrogen-bond acceptors (Lipinski definition) is 5. The van der Waals surface area contributed by atoms with Crippen LogP contribution in [0.1, 0.15) is 5.56 Å². The number of anilines is 1. The summed E-state index contributed by atoms with van der Waals surface area (Å²) >= 11 is 1.67. The monoisotopic (exact) mass is 304 g/mol. The summed E-state index contributed by atoms with van der Waals surface area (Å²) in [6, 6.07) is 13.0. The lowest BCUT2D eigenvalue weighted by atomic mass is 10.2. The molecule has 1 N–H and O–H groups in total. The van der Waals surface area contributed by atoms with Crippen LogP contribution in [0.5, 0.6) is 5.75 Å². The molecule has 0 aromatic heterocycles. The second-order valence-electron chi connectivity index (χ2n) is 4.35. The molecule has 0 aliphatic rings. The molecule has 0 unspecified atom stereocenters. The van der Waals surface area contributed by atoms with Crippen molar-refractivity contribution in [1.29, 1.82) is 0 Å². The van der Waals surface area contributed by atoms with Gasteiger partial charge in [-0.3, -0.25) is 10.1 Å². The van der Waals surface area contributed by atoms with Gasteiger partial charge in [0, 0.05) is 23.2 Å². The van der Waals surface area contributed by atoms with E-state index in [1.54, 1.807) is 17.8 Å². The molecule has 0 saturated heterocycles. The predicted octanol–water partition coefficient (Wildman–Crippen LogP) is 3.94. The molecular weight excluding hydrogens is 288 g/mol. The molecule has 0 radical (unpaired) electrons. The van der Waals surface area contributed by atoms with Crippen LogP contribution >= 0.6 is 11.8 Å². The van der Waals surface area contributed by atoms with E-state index in [-0.39, 0.29) is 11.4 Å². The van der Waals surface area contributed by atoms with Gasteiger partial charge >= 0.3 is 5.69 Å². The summed E-state index contributed by atoms with van der Waals surface area (Å²) in [5.41, 5.74) is 1.80. The lowest BCUT2D eigenvalue weighted by Gasteiger charge is -2.09. The van der Waals surface area contributed by atoms with Gasteiger partial charge in [0.05, 0.1) is 12.0 Å². The van der Waals surface area contributed by atoms with Crippen LogP contribution in [0, 0.1) is 10.1 Å². The number of hydrogen-bond donors (Lipinski definition) is 1. The second-order valence-corrected chi connectivity index (χ2v) is 5.23. The molecular formula is C15H16N2O3S. The van der Waals surface area contributed by atoms with Gasteiger partial charge in [-0.2, -0.15) is 0 Å². The van der Waals surface area contributed by atoms with Crippen molar-refractivity contribution < 1.29 is 9.66 Å². The average molecular weight is 304 g/mol. The summed E-state index contributed by atoms with van der Waals surface area (Å²) in [6.07, 6.45) is 2.02. The topological polar surface area (TPSA) is 64.4 Å². The van der Waals surface area contributed by atoms with Crippen LogP contribution in [0.2, 0.25) is 0 Å². The first-order chi connectivity index (χ1) is 10.1. The minimum atomic E-state index is -0.434. The molecule has 0 fully saturated rings. The number of nitro groups is 1. The molecule has 0 bridgehead atoms. The Morgan fingerprint density at radius 1 is 1.29 bits per heavy atom. The summed E-state index contributed by atoms with van der Waals surface area (Å²) < 4.78 is 4.99. The predicted molar refractivity (Wildman–Crippen MR) is 85.2 cm³/mol. The highest BCUT2D eigenvalue weighted by atomic mass is 32.2. The highest BCUT2D eigenvalue weighted by molar-refractivity contribution is 7.98. The number of nitrogens with one attached hydrogen (secondary N) is 1. The molecule has 2 aromatic rings. The third-order valence-electron chi connectivity index (χ3n) is 3.01. The smallest absolute Gasteiger partial charge is 0.311 e. The molecule has 0 heterocycles. The number of methoxy groups -OCH3 is 1. The van der Waals surface area contributed by atoms with E-state index in [0.29, 0.717) is 6.54 Å². The van der Waals surface area contributed by atoms with Gasteiger partial charge in [-0.15, -0.1) is 11.8 Å². The molecule has 5 nitrogen and oxygen atoms in total.